The zero-order valence-corrected chi connectivity index (χ0v) is 9.65. The summed E-state index contributed by atoms with van der Waals surface area (Å²) in [5, 5.41) is 3.76. The molecule has 5 heteroatoms. The second-order valence-corrected chi connectivity index (χ2v) is 3.33. The molecule has 0 spiro atoms. The Kier molecular flexibility index (Phi) is 6.96. The molecule has 0 radical (unpaired) electrons. The summed E-state index contributed by atoms with van der Waals surface area (Å²) in [6.07, 6.45) is 1.58. The molecule has 0 saturated carbocycles. The van der Waals surface area contributed by atoms with Crippen molar-refractivity contribution in [3.8, 4) is 0 Å². The Morgan fingerprint density at radius 3 is 2.71 bits per heavy atom. The van der Waals surface area contributed by atoms with Gasteiger partial charge in [-0.2, -0.15) is 0 Å². The number of hydrogen-bond acceptors (Lipinski definition) is 5. The van der Waals surface area contributed by atoms with Crippen LogP contribution in [-0.2, 0) is 0 Å². The summed E-state index contributed by atoms with van der Waals surface area (Å²) >= 11 is 1.35. The van der Waals surface area contributed by atoms with Crippen LogP contribution in [0.3, 0.4) is 0 Å². The van der Waals surface area contributed by atoms with E-state index in [2.05, 4.69) is 10.3 Å². The van der Waals surface area contributed by atoms with E-state index in [1.807, 2.05) is 13.8 Å². The Balaban J connectivity index is 0.000000791. The summed E-state index contributed by atoms with van der Waals surface area (Å²) in [7, 11) is 0. The minimum absolute atomic E-state index is 0.0494. The molecule has 0 aliphatic heterocycles. The third-order valence-electron chi connectivity index (χ3n) is 1.27. The second-order valence-electron chi connectivity index (χ2n) is 2.30. The van der Waals surface area contributed by atoms with Gasteiger partial charge < -0.3 is 11.1 Å². The molecular weight excluding hydrogens is 198 g/mol. The van der Waals surface area contributed by atoms with Crippen LogP contribution in [0.4, 0.5) is 5.13 Å². The first-order valence-electron chi connectivity index (χ1n) is 4.64. The van der Waals surface area contributed by atoms with Gasteiger partial charge in [0.1, 0.15) is 0 Å². The second kappa shape index (κ2) is 7.46. The highest BCUT2D eigenvalue weighted by molar-refractivity contribution is 7.17. The van der Waals surface area contributed by atoms with Crippen LogP contribution in [0.1, 0.15) is 30.4 Å². The van der Waals surface area contributed by atoms with Gasteiger partial charge in [0, 0.05) is 20.0 Å². The maximum absolute atomic E-state index is 10.9. The van der Waals surface area contributed by atoms with Crippen molar-refractivity contribution in [3.05, 3.63) is 11.1 Å². The predicted octanol–water partition coefficient (Wildman–Crippen LogP) is 1.74. The van der Waals surface area contributed by atoms with Crippen molar-refractivity contribution in [3.63, 3.8) is 0 Å². The smallest absolute Gasteiger partial charge is 0.183 e. The fourth-order valence-corrected chi connectivity index (χ4v) is 1.43. The molecule has 4 nitrogen and oxygen atoms in total. The van der Waals surface area contributed by atoms with E-state index < -0.39 is 0 Å². The molecule has 0 aliphatic rings. The van der Waals surface area contributed by atoms with Gasteiger partial charge in [-0.05, 0) is 0 Å². The number of carbonyl (C=O) groups excluding carboxylic acids is 1. The number of nitrogens with zero attached hydrogens (tertiary/aromatic N) is 1. The maximum Gasteiger partial charge on any atom is 0.183 e. The summed E-state index contributed by atoms with van der Waals surface area (Å²) in [5.41, 5.74) is 5.29. The molecule has 1 aromatic rings. The Morgan fingerprint density at radius 2 is 2.29 bits per heavy atom. The van der Waals surface area contributed by atoms with Crippen LogP contribution in [0.2, 0.25) is 0 Å². The number of rotatable bonds is 4. The fraction of sp³-hybridized carbons (Fsp3) is 0.556. The van der Waals surface area contributed by atoms with E-state index in [1.165, 1.54) is 18.3 Å². The average Bonchev–Trinajstić information content (AvgIpc) is 2.66. The molecule has 0 aromatic carbocycles. The summed E-state index contributed by atoms with van der Waals surface area (Å²) in [4.78, 5) is 15.5. The molecule has 1 heterocycles. The van der Waals surface area contributed by atoms with Crippen molar-refractivity contribution in [2.75, 3.05) is 18.4 Å². The quantitative estimate of drug-likeness (QED) is 0.751. The highest BCUT2D eigenvalue weighted by Gasteiger charge is 2.04. The number of anilines is 1. The zero-order valence-electron chi connectivity index (χ0n) is 8.83. The van der Waals surface area contributed by atoms with Crippen LogP contribution in [-0.4, -0.2) is 23.9 Å². The van der Waals surface area contributed by atoms with Gasteiger partial charge in [-0.25, -0.2) is 4.98 Å². The Labute approximate surface area is 88.5 Å². The molecule has 0 unspecified atom stereocenters. The molecule has 0 saturated heterocycles. The average molecular weight is 215 g/mol. The molecular formula is C9H17N3OS. The maximum atomic E-state index is 10.9. The number of aromatic nitrogens is 1. The molecule has 0 atom stereocenters. The topological polar surface area (TPSA) is 68.0 Å². The lowest BCUT2D eigenvalue weighted by atomic mass is 10.4. The minimum atomic E-state index is 0.0494. The van der Waals surface area contributed by atoms with Crippen LogP contribution in [0.5, 0.6) is 0 Å². The number of nitrogens with two attached hydrogens (primary N) is 1. The molecule has 0 amide bonds. The number of nitrogens with one attached hydrogen (secondary N) is 1. The van der Waals surface area contributed by atoms with E-state index in [9.17, 15) is 4.79 Å². The molecule has 0 fully saturated rings. The molecule has 80 valence electrons. The van der Waals surface area contributed by atoms with Crippen LogP contribution in [0.15, 0.2) is 6.20 Å². The van der Waals surface area contributed by atoms with Gasteiger partial charge in [0.25, 0.3) is 0 Å². The van der Waals surface area contributed by atoms with Gasteiger partial charge >= 0.3 is 0 Å². The molecule has 3 N–H and O–H groups in total. The molecule has 1 aromatic heterocycles. The van der Waals surface area contributed by atoms with Crippen molar-refractivity contribution in [2.45, 2.75) is 20.8 Å². The predicted molar refractivity (Wildman–Crippen MR) is 61.0 cm³/mol. The lowest BCUT2D eigenvalue weighted by Gasteiger charge is -1.96. The van der Waals surface area contributed by atoms with Gasteiger partial charge in [-0.15, -0.1) is 0 Å². The van der Waals surface area contributed by atoms with Gasteiger partial charge in [0.15, 0.2) is 10.9 Å². The Bertz CT molecular complexity index is 273. The highest BCUT2D eigenvalue weighted by Crippen LogP contribution is 2.17. The third-order valence-corrected chi connectivity index (χ3v) is 2.33. The summed E-state index contributed by atoms with van der Waals surface area (Å²) in [5.74, 6) is 0.0494. The van der Waals surface area contributed by atoms with Crippen molar-refractivity contribution in [1.82, 2.24) is 4.98 Å². The first-order valence-corrected chi connectivity index (χ1v) is 5.46. The zero-order chi connectivity index (χ0) is 11.0. The van der Waals surface area contributed by atoms with Gasteiger partial charge in [-0.3, -0.25) is 4.79 Å². The van der Waals surface area contributed by atoms with Crippen molar-refractivity contribution in [1.29, 1.82) is 0 Å². The van der Waals surface area contributed by atoms with E-state index in [4.69, 9.17) is 5.73 Å². The number of Topliss-reactive ketones (excluding diaryl/α,β-unsaturated/α-hetero) is 1. The number of ketones is 1. The summed E-state index contributed by atoms with van der Waals surface area (Å²) in [6.45, 7) is 6.78. The number of hydrogen-bond donors (Lipinski definition) is 2. The molecule has 0 bridgehead atoms. The van der Waals surface area contributed by atoms with Crippen molar-refractivity contribution >= 4 is 22.3 Å². The Morgan fingerprint density at radius 1 is 1.64 bits per heavy atom. The standard InChI is InChI=1S/C7H11N3OS.C2H6/c1-5(11)6-4-10-7(12-6)9-3-2-8;1-2/h4H,2-3,8H2,1H3,(H,9,10);1-2H3. The molecule has 14 heavy (non-hydrogen) atoms. The van der Waals surface area contributed by atoms with Crippen LogP contribution in [0.25, 0.3) is 0 Å². The lowest BCUT2D eigenvalue weighted by molar-refractivity contribution is 0.102. The normalized spacial score (nSPS) is 8.86. The highest BCUT2D eigenvalue weighted by atomic mass is 32.1. The fourth-order valence-electron chi connectivity index (χ4n) is 0.698. The van der Waals surface area contributed by atoms with Crippen LogP contribution < -0.4 is 11.1 Å². The third kappa shape index (κ3) is 4.34. The molecule has 0 aliphatic carbocycles. The first kappa shape index (κ1) is 13.1. The van der Waals surface area contributed by atoms with Gasteiger partial charge in [0.2, 0.25) is 0 Å². The monoisotopic (exact) mass is 215 g/mol. The lowest BCUT2D eigenvalue weighted by Crippen LogP contribution is -2.12. The summed E-state index contributed by atoms with van der Waals surface area (Å²) < 4.78 is 0. The van der Waals surface area contributed by atoms with E-state index >= 15 is 0 Å². The van der Waals surface area contributed by atoms with Crippen molar-refractivity contribution in [2.24, 2.45) is 5.73 Å². The van der Waals surface area contributed by atoms with Crippen molar-refractivity contribution < 1.29 is 4.79 Å². The number of thiazole rings is 1. The van der Waals surface area contributed by atoms with Gasteiger partial charge in [0.05, 0.1) is 11.1 Å². The van der Waals surface area contributed by atoms with E-state index in [-0.39, 0.29) is 5.78 Å². The SMILES string of the molecule is CC.CC(=O)c1cnc(NCCN)s1. The van der Waals surface area contributed by atoms with Crippen LogP contribution in [0, 0.1) is 0 Å². The summed E-state index contributed by atoms with van der Waals surface area (Å²) in [6, 6.07) is 0. The van der Waals surface area contributed by atoms with Crippen LogP contribution >= 0.6 is 11.3 Å². The minimum Gasteiger partial charge on any atom is -0.360 e. The largest absolute Gasteiger partial charge is 0.360 e. The van der Waals surface area contributed by atoms with Gasteiger partial charge in [-0.1, -0.05) is 25.2 Å². The first-order chi connectivity index (χ1) is 6.74. The Hall–Kier alpha value is -0.940. The molecule has 1 rings (SSSR count). The number of carbonyl (C=O) groups is 1. The van der Waals surface area contributed by atoms with E-state index in [0.29, 0.717) is 18.0 Å². The van der Waals surface area contributed by atoms with E-state index in [1.54, 1.807) is 6.20 Å². The van der Waals surface area contributed by atoms with E-state index in [0.717, 1.165) is 5.13 Å².